The SMILES string of the molecule is CCCc1[nH]nc2c1[C@H](c1ccc(OC)c3ccccc13)C(C#N)=C(N)O2. The quantitative estimate of drug-likeness (QED) is 0.739. The molecule has 1 aromatic heterocycles. The Labute approximate surface area is 157 Å². The van der Waals surface area contributed by atoms with Crippen LogP contribution in [0.5, 0.6) is 11.6 Å². The normalized spacial score (nSPS) is 16.0. The molecular formula is C21H20N4O2. The van der Waals surface area contributed by atoms with Crippen molar-refractivity contribution < 1.29 is 9.47 Å². The van der Waals surface area contributed by atoms with Crippen molar-refractivity contribution in [1.29, 1.82) is 5.26 Å². The van der Waals surface area contributed by atoms with Crippen molar-refractivity contribution >= 4 is 10.8 Å². The smallest absolute Gasteiger partial charge is 0.244 e. The topological polar surface area (TPSA) is 97.0 Å². The van der Waals surface area contributed by atoms with Gasteiger partial charge < -0.3 is 15.2 Å². The first-order chi connectivity index (χ1) is 13.2. The molecule has 0 spiro atoms. The van der Waals surface area contributed by atoms with Gasteiger partial charge in [-0.05, 0) is 23.4 Å². The number of benzene rings is 2. The number of hydrogen-bond donors (Lipinski definition) is 2. The lowest BCUT2D eigenvalue weighted by Gasteiger charge is -2.25. The van der Waals surface area contributed by atoms with Crippen molar-refractivity contribution in [3.8, 4) is 17.7 Å². The van der Waals surface area contributed by atoms with Crippen LogP contribution in [0.25, 0.3) is 10.8 Å². The predicted molar refractivity (Wildman–Crippen MR) is 102 cm³/mol. The molecule has 1 atom stereocenters. The number of methoxy groups -OCH3 is 1. The summed E-state index contributed by atoms with van der Waals surface area (Å²) in [6, 6.07) is 14.2. The Morgan fingerprint density at radius 2 is 2.04 bits per heavy atom. The van der Waals surface area contributed by atoms with Gasteiger partial charge in [-0.1, -0.05) is 43.7 Å². The lowest BCUT2D eigenvalue weighted by molar-refractivity contribution is 0.379. The molecule has 4 rings (SSSR count). The summed E-state index contributed by atoms with van der Waals surface area (Å²) in [5, 5.41) is 19.2. The van der Waals surface area contributed by atoms with E-state index in [0.29, 0.717) is 11.5 Å². The molecule has 3 N–H and O–H groups in total. The zero-order valence-electron chi connectivity index (χ0n) is 15.2. The van der Waals surface area contributed by atoms with Gasteiger partial charge in [0.2, 0.25) is 11.8 Å². The van der Waals surface area contributed by atoms with E-state index < -0.39 is 0 Å². The number of nitrogens with two attached hydrogens (primary N) is 1. The fourth-order valence-electron chi connectivity index (χ4n) is 3.78. The van der Waals surface area contributed by atoms with Crippen LogP contribution in [-0.2, 0) is 6.42 Å². The molecule has 0 radical (unpaired) electrons. The van der Waals surface area contributed by atoms with E-state index in [4.69, 9.17) is 15.2 Å². The number of H-pyrrole nitrogens is 1. The predicted octanol–water partition coefficient (Wildman–Crippen LogP) is 3.74. The Morgan fingerprint density at radius 1 is 1.26 bits per heavy atom. The average Bonchev–Trinajstić information content (AvgIpc) is 3.08. The molecule has 2 heterocycles. The second-order valence-corrected chi connectivity index (χ2v) is 6.50. The van der Waals surface area contributed by atoms with Gasteiger partial charge in [0.15, 0.2) is 0 Å². The number of fused-ring (bicyclic) bond motifs is 2. The van der Waals surface area contributed by atoms with Crippen molar-refractivity contribution in [2.45, 2.75) is 25.7 Å². The number of nitriles is 1. The number of nitrogens with one attached hydrogen (secondary N) is 1. The maximum absolute atomic E-state index is 9.83. The molecule has 3 aromatic rings. The van der Waals surface area contributed by atoms with Crippen LogP contribution in [0.15, 0.2) is 47.9 Å². The second kappa shape index (κ2) is 6.69. The van der Waals surface area contributed by atoms with Gasteiger partial charge in [0.25, 0.3) is 0 Å². The first kappa shape index (κ1) is 17.0. The van der Waals surface area contributed by atoms with Crippen LogP contribution in [0.1, 0.15) is 36.1 Å². The van der Waals surface area contributed by atoms with Gasteiger partial charge in [-0.3, -0.25) is 5.10 Å². The highest BCUT2D eigenvalue weighted by molar-refractivity contribution is 5.92. The summed E-state index contributed by atoms with van der Waals surface area (Å²) in [5.41, 5.74) is 9.31. The third-order valence-corrected chi connectivity index (χ3v) is 4.97. The third-order valence-electron chi connectivity index (χ3n) is 4.97. The summed E-state index contributed by atoms with van der Waals surface area (Å²) >= 11 is 0. The van der Waals surface area contributed by atoms with Gasteiger partial charge in [-0.15, -0.1) is 5.10 Å². The fraction of sp³-hybridized carbons (Fsp3) is 0.238. The van der Waals surface area contributed by atoms with Crippen LogP contribution in [0.3, 0.4) is 0 Å². The fourth-order valence-corrected chi connectivity index (χ4v) is 3.78. The second-order valence-electron chi connectivity index (χ2n) is 6.50. The van der Waals surface area contributed by atoms with E-state index in [1.165, 1.54) is 0 Å². The molecule has 0 fully saturated rings. The lowest BCUT2D eigenvalue weighted by atomic mass is 9.81. The number of ether oxygens (including phenoxy) is 2. The summed E-state index contributed by atoms with van der Waals surface area (Å²) in [6.07, 6.45) is 1.76. The standard InChI is InChI=1S/C21H20N4O2/c1-3-6-16-19-18(15(11-22)20(23)27-21(19)25-24-16)14-9-10-17(26-2)13-8-5-4-7-12(13)14/h4-5,7-10,18H,3,6,23H2,1-2H3,(H,24,25)/t18-/m1/s1. The summed E-state index contributed by atoms with van der Waals surface area (Å²) in [5.74, 6) is 0.997. The van der Waals surface area contributed by atoms with E-state index in [2.05, 4.69) is 23.2 Å². The Morgan fingerprint density at radius 3 is 2.74 bits per heavy atom. The van der Waals surface area contributed by atoms with Crippen LogP contribution < -0.4 is 15.2 Å². The van der Waals surface area contributed by atoms with Crippen molar-refractivity contribution in [3.05, 3.63) is 64.7 Å². The number of aromatic amines is 1. The van der Waals surface area contributed by atoms with Crippen LogP contribution in [-0.4, -0.2) is 17.3 Å². The monoisotopic (exact) mass is 360 g/mol. The molecular weight excluding hydrogens is 340 g/mol. The first-order valence-electron chi connectivity index (χ1n) is 8.89. The summed E-state index contributed by atoms with van der Waals surface area (Å²) in [6.45, 7) is 2.10. The zero-order valence-corrected chi connectivity index (χ0v) is 15.2. The van der Waals surface area contributed by atoms with Gasteiger partial charge in [0.1, 0.15) is 17.4 Å². The minimum atomic E-state index is -0.338. The Hall–Kier alpha value is -3.46. The zero-order chi connectivity index (χ0) is 19.0. The molecule has 6 nitrogen and oxygen atoms in total. The molecule has 2 aromatic carbocycles. The lowest BCUT2D eigenvalue weighted by Crippen LogP contribution is -2.21. The summed E-state index contributed by atoms with van der Waals surface area (Å²) < 4.78 is 11.2. The third kappa shape index (κ3) is 2.59. The molecule has 27 heavy (non-hydrogen) atoms. The number of hydrogen-bond acceptors (Lipinski definition) is 5. The highest BCUT2D eigenvalue weighted by Gasteiger charge is 2.35. The molecule has 0 saturated carbocycles. The number of nitrogens with zero attached hydrogens (tertiary/aromatic N) is 2. The van der Waals surface area contributed by atoms with E-state index in [1.54, 1.807) is 7.11 Å². The summed E-state index contributed by atoms with van der Waals surface area (Å²) in [7, 11) is 1.65. The maximum Gasteiger partial charge on any atom is 0.244 e. The molecule has 1 aliphatic heterocycles. The van der Waals surface area contributed by atoms with Crippen LogP contribution in [0.2, 0.25) is 0 Å². The van der Waals surface area contributed by atoms with Gasteiger partial charge in [-0.25, -0.2) is 0 Å². The average molecular weight is 360 g/mol. The van der Waals surface area contributed by atoms with Gasteiger partial charge in [-0.2, -0.15) is 5.26 Å². The minimum Gasteiger partial charge on any atom is -0.496 e. The Balaban J connectivity index is 2.02. The molecule has 136 valence electrons. The van der Waals surface area contributed by atoms with Crippen molar-refractivity contribution in [3.63, 3.8) is 0 Å². The molecule has 0 unspecified atom stereocenters. The van der Waals surface area contributed by atoms with Crippen LogP contribution >= 0.6 is 0 Å². The number of allylic oxidation sites excluding steroid dienone is 1. The van der Waals surface area contributed by atoms with Crippen molar-refractivity contribution in [1.82, 2.24) is 10.2 Å². The minimum absolute atomic E-state index is 0.101. The molecule has 0 saturated heterocycles. The van der Waals surface area contributed by atoms with Gasteiger partial charge in [0, 0.05) is 16.6 Å². The van der Waals surface area contributed by atoms with E-state index in [-0.39, 0.29) is 11.8 Å². The van der Waals surface area contributed by atoms with E-state index in [1.807, 2.05) is 36.4 Å². The van der Waals surface area contributed by atoms with Crippen LogP contribution in [0.4, 0.5) is 0 Å². The highest BCUT2D eigenvalue weighted by atomic mass is 16.5. The molecule has 6 heteroatoms. The van der Waals surface area contributed by atoms with E-state index in [9.17, 15) is 5.26 Å². The van der Waals surface area contributed by atoms with Gasteiger partial charge >= 0.3 is 0 Å². The highest BCUT2D eigenvalue weighted by Crippen LogP contribution is 2.46. The van der Waals surface area contributed by atoms with E-state index in [0.717, 1.165) is 46.2 Å². The maximum atomic E-state index is 9.83. The first-order valence-corrected chi connectivity index (χ1v) is 8.89. The molecule has 1 aliphatic rings. The summed E-state index contributed by atoms with van der Waals surface area (Å²) in [4.78, 5) is 0. The molecule has 0 bridgehead atoms. The van der Waals surface area contributed by atoms with Crippen molar-refractivity contribution in [2.75, 3.05) is 7.11 Å². The molecule has 0 aliphatic carbocycles. The molecule has 0 amide bonds. The van der Waals surface area contributed by atoms with Crippen LogP contribution in [0, 0.1) is 11.3 Å². The van der Waals surface area contributed by atoms with E-state index >= 15 is 0 Å². The number of rotatable bonds is 4. The Bertz CT molecular complexity index is 1090. The number of aryl methyl sites for hydroxylation is 1. The largest absolute Gasteiger partial charge is 0.496 e. The number of aromatic nitrogens is 2. The van der Waals surface area contributed by atoms with Crippen molar-refractivity contribution in [2.24, 2.45) is 5.73 Å². The van der Waals surface area contributed by atoms with Gasteiger partial charge in [0.05, 0.1) is 13.0 Å². The Kier molecular flexibility index (Phi) is 4.21.